The Morgan fingerprint density at radius 2 is 1.91 bits per heavy atom. The van der Waals surface area contributed by atoms with Crippen LogP contribution in [-0.2, 0) is 27.3 Å². The molecule has 1 aliphatic heterocycles. The fourth-order valence-electron chi connectivity index (χ4n) is 4.51. The van der Waals surface area contributed by atoms with Crippen molar-refractivity contribution in [3.05, 3.63) is 65.7 Å². The number of nitrogens with zero attached hydrogens (tertiary/aromatic N) is 1. The minimum absolute atomic E-state index is 0.163. The minimum Gasteiger partial charge on any atom is -0.508 e. The van der Waals surface area contributed by atoms with E-state index < -0.39 is 18.1 Å². The Morgan fingerprint density at radius 3 is 2.60 bits per heavy atom. The Morgan fingerprint density at radius 1 is 1.17 bits per heavy atom. The summed E-state index contributed by atoms with van der Waals surface area (Å²) in [6.45, 7) is 1.82. The molecule has 3 rings (SSSR count). The van der Waals surface area contributed by atoms with Gasteiger partial charge in [-0.3, -0.25) is 9.59 Å². The van der Waals surface area contributed by atoms with Gasteiger partial charge in [0.05, 0.1) is 0 Å². The lowest BCUT2D eigenvalue weighted by atomic mass is 9.86. The number of nitrogens with one attached hydrogen (secondary N) is 2. The lowest BCUT2D eigenvalue weighted by Crippen LogP contribution is -2.58. The molecule has 2 aromatic carbocycles. The van der Waals surface area contributed by atoms with Crippen molar-refractivity contribution in [1.29, 1.82) is 0 Å². The fourth-order valence-corrected chi connectivity index (χ4v) is 4.51. The number of carbonyl (C=O) groups is 2. The summed E-state index contributed by atoms with van der Waals surface area (Å²) in [6.07, 6.45) is 0.430. The summed E-state index contributed by atoms with van der Waals surface area (Å²) in [5, 5.41) is 15.5. The van der Waals surface area contributed by atoms with Crippen LogP contribution in [0.4, 0.5) is 4.39 Å². The summed E-state index contributed by atoms with van der Waals surface area (Å²) in [7, 11) is 1.59. The molecule has 8 heteroatoms. The number of hydrogen-bond acceptors (Lipinski definition) is 5. The standard InChI is InChI=1S/C27H36FN3O4/c1-35-17-5-16-31(25(33)13-10-20-8-11-22(32)12-9-20)26(23-14-15-29-19-24(23)28)27(34)30-18-21-6-3-2-4-7-21/h2-4,6-9,11-12,23-24,26,29,32H,5,10,13-19H2,1H3,(H,30,34). The van der Waals surface area contributed by atoms with Gasteiger partial charge in [-0.1, -0.05) is 42.5 Å². The number of aromatic hydroxyl groups is 1. The largest absolute Gasteiger partial charge is 0.508 e. The Bertz CT molecular complexity index is 926. The second-order valence-corrected chi connectivity index (χ2v) is 8.92. The molecule has 1 fully saturated rings. The third kappa shape index (κ3) is 8.04. The Kier molecular flexibility index (Phi) is 10.5. The molecule has 190 valence electrons. The maximum Gasteiger partial charge on any atom is 0.243 e. The minimum atomic E-state index is -1.23. The number of aryl methyl sites for hydroxylation is 1. The number of ether oxygens (including phenoxy) is 1. The van der Waals surface area contributed by atoms with Crippen molar-refractivity contribution in [2.45, 2.75) is 44.4 Å². The second-order valence-electron chi connectivity index (χ2n) is 8.92. The molecule has 7 nitrogen and oxygen atoms in total. The first-order valence-corrected chi connectivity index (χ1v) is 12.2. The summed E-state index contributed by atoms with van der Waals surface area (Å²) in [4.78, 5) is 28.5. The van der Waals surface area contributed by atoms with E-state index in [9.17, 15) is 14.7 Å². The molecule has 0 spiro atoms. The number of methoxy groups -OCH3 is 1. The summed E-state index contributed by atoms with van der Waals surface area (Å²) < 4.78 is 20.3. The first-order valence-electron chi connectivity index (χ1n) is 12.2. The van der Waals surface area contributed by atoms with Crippen LogP contribution in [0.3, 0.4) is 0 Å². The molecule has 0 radical (unpaired) electrons. The number of amides is 2. The lowest BCUT2D eigenvalue weighted by molar-refractivity contribution is -0.144. The van der Waals surface area contributed by atoms with Crippen LogP contribution in [0, 0.1) is 5.92 Å². The monoisotopic (exact) mass is 485 g/mol. The highest BCUT2D eigenvalue weighted by molar-refractivity contribution is 5.88. The zero-order chi connectivity index (χ0) is 25.0. The number of carbonyl (C=O) groups excluding carboxylic acids is 2. The molecule has 0 saturated carbocycles. The van der Waals surface area contributed by atoms with Crippen LogP contribution in [0.5, 0.6) is 5.75 Å². The number of piperidine rings is 1. The van der Waals surface area contributed by atoms with E-state index in [1.807, 2.05) is 30.3 Å². The zero-order valence-electron chi connectivity index (χ0n) is 20.3. The van der Waals surface area contributed by atoms with Gasteiger partial charge in [-0.15, -0.1) is 0 Å². The maximum atomic E-state index is 15.1. The molecule has 1 aliphatic rings. The van der Waals surface area contributed by atoms with Gasteiger partial charge < -0.3 is 25.4 Å². The van der Waals surface area contributed by atoms with Crippen LogP contribution >= 0.6 is 0 Å². The Hall–Kier alpha value is -2.97. The van der Waals surface area contributed by atoms with E-state index in [4.69, 9.17) is 4.74 Å². The summed E-state index contributed by atoms with van der Waals surface area (Å²) in [5.74, 6) is -0.956. The molecule has 35 heavy (non-hydrogen) atoms. The molecule has 1 saturated heterocycles. The molecular formula is C27H36FN3O4. The SMILES string of the molecule is COCCCN(C(=O)CCc1ccc(O)cc1)C(C(=O)NCc1ccccc1)C1CCNCC1F. The molecule has 0 aliphatic carbocycles. The first-order chi connectivity index (χ1) is 17.0. The van der Waals surface area contributed by atoms with E-state index in [0.717, 1.165) is 11.1 Å². The third-order valence-corrected chi connectivity index (χ3v) is 6.41. The van der Waals surface area contributed by atoms with E-state index in [-0.39, 0.29) is 30.5 Å². The zero-order valence-corrected chi connectivity index (χ0v) is 20.3. The number of hydrogen-bond donors (Lipinski definition) is 3. The van der Waals surface area contributed by atoms with E-state index in [1.54, 1.807) is 36.3 Å². The van der Waals surface area contributed by atoms with Crippen molar-refractivity contribution in [1.82, 2.24) is 15.5 Å². The van der Waals surface area contributed by atoms with Crippen molar-refractivity contribution < 1.29 is 23.8 Å². The molecule has 3 N–H and O–H groups in total. The quantitative estimate of drug-likeness (QED) is 0.402. The Balaban J connectivity index is 1.79. The average molecular weight is 486 g/mol. The summed E-state index contributed by atoms with van der Waals surface area (Å²) >= 11 is 0. The van der Waals surface area contributed by atoms with Crippen molar-refractivity contribution >= 4 is 11.8 Å². The molecule has 0 bridgehead atoms. The molecule has 2 aromatic rings. The number of alkyl halides is 1. The van der Waals surface area contributed by atoms with Gasteiger partial charge in [0, 0.05) is 45.7 Å². The number of rotatable bonds is 12. The van der Waals surface area contributed by atoms with Gasteiger partial charge in [0.15, 0.2) is 0 Å². The third-order valence-electron chi connectivity index (χ3n) is 6.41. The molecule has 3 unspecified atom stereocenters. The number of halogens is 1. The van der Waals surface area contributed by atoms with Crippen LogP contribution in [0.2, 0.25) is 0 Å². The highest BCUT2D eigenvalue weighted by Gasteiger charge is 2.41. The van der Waals surface area contributed by atoms with Crippen LogP contribution in [-0.4, -0.2) is 67.4 Å². The molecule has 1 heterocycles. The van der Waals surface area contributed by atoms with Crippen LogP contribution in [0.25, 0.3) is 0 Å². The number of benzene rings is 2. The van der Waals surface area contributed by atoms with Gasteiger partial charge in [-0.05, 0) is 49.1 Å². The van der Waals surface area contributed by atoms with Gasteiger partial charge >= 0.3 is 0 Å². The first kappa shape index (κ1) is 26.6. The van der Waals surface area contributed by atoms with E-state index in [1.165, 1.54) is 0 Å². The van der Waals surface area contributed by atoms with Gasteiger partial charge in [-0.25, -0.2) is 4.39 Å². The highest BCUT2D eigenvalue weighted by Crippen LogP contribution is 2.26. The van der Waals surface area contributed by atoms with Gasteiger partial charge in [0.25, 0.3) is 0 Å². The molecule has 0 aromatic heterocycles. The predicted molar refractivity (Wildman–Crippen MR) is 133 cm³/mol. The maximum absolute atomic E-state index is 15.1. The molecule has 2 amide bonds. The van der Waals surface area contributed by atoms with Gasteiger partial charge in [0.2, 0.25) is 11.8 Å². The van der Waals surface area contributed by atoms with Crippen molar-refractivity contribution in [3.63, 3.8) is 0 Å². The number of phenols is 1. The lowest BCUT2D eigenvalue weighted by Gasteiger charge is -2.39. The van der Waals surface area contributed by atoms with E-state index in [0.29, 0.717) is 45.5 Å². The molecule has 3 atom stereocenters. The molecular weight excluding hydrogens is 449 g/mol. The van der Waals surface area contributed by atoms with Crippen molar-refractivity contribution in [2.75, 3.05) is 33.4 Å². The van der Waals surface area contributed by atoms with Gasteiger partial charge in [0.1, 0.15) is 18.0 Å². The van der Waals surface area contributed by atoms with E-state index in [2.05, 4.69) is 10.6 Å². The average Bonchev–Trinajstić information content (AvgIpc) is 2.88. The summed E-state index contributed by atoms with van der Waals surface area (Å²) in [6, 6.07) is 15.3. The smallest absolute Gasteiger partial charge is 0.243 e. The predicted octanol–water partition coefficient (Wildman–Crippen LogP) is 2.82. The fraction of sp³-hybridized carbons (Fsp3) is 0.481. The van der Waals surface area contributed by atoms with Crippen molar-refractivity contribution in [2.24, 2.45) is 5.92 Å². The topological polar surface area (TPSA) is 90.9 Å². The van der Waals surface area contributed by atoms with Crippen LogP contribution < -0.4 is 10.6 Å². The van der Waals surface area contributed by atoms with E-state index >= 15 is 4.39 Å². The van der Waals surface area contributed by atoms with Gasteiger partial charge in [-0.2, -0.15) is 0 Å². The highest BCUT2D eigenvalue weighted by atomic mass is 19.1. The second kappa shape index (κ2) is 13.8. The Labute approximate surface area is 206 Å². The van der Waals surface area contributed by atoms with Crippen LogP contribution in [0.15, 0.2) is 54.6 Å². The van der Waals surface area contributed by atoms with Crippen LogP contribution in [0.1, 0.15) is 30.4 Å². The summed E-state index contributed by atoms with van der Waals surface area (Å²) in [5.41, 5.74) is 1.84. The number of phenolic OH excluding ortho intramolecular Hbond substituents is 1. The normalized spacial score (nSPS) is 18.6. The van der Waals surface area contributed by atoms with Crippen molar-refractivity contribution in [3.8, 4) is 5.75 Å².